The second-order valence-corrected chi connectivity index (χ2v) is 11.5. The molecule has 0 N–H and O–H groups in total. The molecule has 0 radical (unpaired) electrons. The fourth-order valence-corrected chi connectivity index (χ4v) is 6.57. The van der Waals surface area contributed by atoms with E-state index in [1.54, 1.807) is 26.0 Å². The van der Waals surface area contributed by atoms with Crippen LogP contribution in [-0.2, 0) is 36.4 Å². The number of alkyl halides is 3. The molecular formula is C25H25ClF3N3O5S. The molecule has 204 valence electrons. The van der Waals surface area contributed by atoms with Gasteiger partial charge in [-0.15, -0.1) is 0 Å². The number of benzene rings is 2. The second-order valence-electron chi connectivity index (χ2n) is 9.08. The molecule has 0 aliphatic carbocycles. The smallest absolute Gasteiger partial charge is 0.306 e. The molecule has 2 aromatic carbocycles. The maximum Gasteiger partial charge on any atom is 0.390 e. The molecule has 0 saturated carbocycles. The van der Waals surface area contributed by atoms with E-state index in [1.807, 2.05) is 0 Å². The Morgan fingerprint density at radius 3 is 2.16 bits per heavy atom. The van der Waals surface area contributed by atoms with Crippen molar-refractivity contribution in [3.63, 3.8) is 0 Å². The van der Waals surface area contributed by atoms with Gasteiger partial charge in [0.15, 0.2) is 5.41 Å². The highest BCUT2D eigenvalue weighted by Gasteiger charge is 2.63. The van der Waals surface area contributed by atoms with Gasteiger partial charge in [0.25, 0.3) is 0 Å². The Labute approximate surface area is 223 Å². The predicted octanol–water partition coefficient (Wildman–Crippen LogP) is 3.87. The fourth-order valence-electron chi connectivity index (χ4n) is 4.94. The Bertz CT molecular complexity index is 1390. The van der Waals surface area contributed by atoms with Crippen LogP contribution in [0.3, 0.4) is 0 Å². The number of likely N-dealkylation sites (tertiary alicyclic amines) is 1. The van der Waals surface area contributed by atoms with Crippen LogP contribution in [0.15, 0.2) is 47.4 Å². The summed E-state index contributed by atoms with van der Waals surface area (Å²) in [6.45, 7) is 3.12. The minimum Gasteiger partial charge on any atom is -0.306 e. The molecule has 1 spiro atoms. The summed E-state index contributed by atoms with van der Waals surface area (Å²) in [5, 5.41) is 0.192. The molecule has 0 aromatic heterocycles. The SMILES string of the molecule is CCN(CC)S(=O)(=O)c1ccc(CN2C(=O)C3(CC(=O)N(CCC(F)(F)F)C3=O)c3cc(Cl)ccc32)cc1. The number of sulfonamides is 1. The Balaban J connectivity index is 1.67. The van der Waals surface area contributed by atoms with Crippen molar-refractivity contribution < 1.29 is 36.0 Å². The molecule has 2 aliphatic heterocycles. The van der Waals surface area contributed by atoms with Crippen molar-refractivity contribution in [1.29, 1.82) is 0 Å². The minimum atomic E-state index is -4.59. The van der Waals surface area contributed by atoms with Crippen LogP contribution in [0.1, 0.15) is 37.8 Å². The summed E-state index contributed by atoms with van der Waals surface area (Å²) in [6, 6.07) is 10.3. The van der Waals surface area contributed by atoms with Crippen molar-refractivity contribution in [2.45, 2.75) is 49.7 Å². The second kappa shape index (κ2) is 9.97. The largest absolute Gasteiger partial charge is 0.390 e. The van der Waals surface area contributed by atoms with E-state index in [0.717, 1.165) is 0 Å². The quantitative estimate of drug-likeness (QED) is 0.354. The zero-order valence-electron chi connectivity index (χ0n) is 20.6. The molecule has 2 aromatic rings. The lowest BCUT2D eigenvalue weighted by Gasteiger charge is -2.23. The van der Waals surface area contributed by atoms with Gasteiger partial charge in [-0.25, -0.2) is 8.42 Å². The number of hydrogen-bond acceptors (Lipinski definition) is 5. The summed E-state index contributed by atoms with van der Waals surface area (Å²) in [5.74, 6) is -2.63. The van der Waals surface area contributed by atoms with Crippen LogP contribution in [0, 0.1) is 0 Å². The highest BCUT2D eigenvalue weighted by molar-refractivity contribution is 7.89. The lowest BCUT2D eigenvalue weighted by Crippen LogP contribution is -2.46. The first kappa shape index (κ1) is 28.1. The molecule has 1 fully saturated rings. The van der Waals surface area contributed by atoms with Gasteiger partial charge >= 0.3 is 6.18 Å². The first-order valence-electron chi connectivity index (χ1n) is 11.9. The van der Waals surface area contributed by atoms with Crippen molar-refractivity contribution >= 4 is 45.0 Å². The van der Waals surface area contributed by atoms with E-state index in [2.05, 4.69) is 0 Å². The van der Waals surface area contributed by atoms with Crippen molar-refractivity contribution in [3.8, 4) is 0 Å². The topological polar surface area (TPSA) is 95.1 Å². The van der Waals surface area contributed by atoms with Crippen molar-refractivity contribution in [3.05, 3.63) is 58.6 Å². The van der Waals surface area contributed by atoms with Gasteiger partial charge in [0.2, 0.25) is 27.7 Å². The summed E-state index contributed by atoms with van der Waals surface area (Å²) in [7, 11) is -3.69. The Morgan fingerprint density at radius 1 is 0.974 bits per heavy atom. The van der Waals surface area contributed by atoms with Crippen molar-refractivity contribution in [2.24, 2.45) is 0 Å². The molecule has 2 aliphatic rings. The number of carbonyl (C=O) groups excluding carboxylic acids is 3. The van der Waals surface area contributed by atoms with E-state index in [0.29, 0.717) is 29.2 Å². The molecule has 38 heavy (non-hydrogen) atoms. The third-order valence-corrected chi connectivity index (χ3v) is 9.17. The summed E-state index contributed by atoms with van der Waals surface area (Å²) in [4.78, 5) is 41.7. The van der Waals surface area contributed by atoms with Crippen LogP contribution in [0.2, 0.25) is 5.02 Å². The number of amides is 3. The first-order valence-corrected chi connectivity index (χ1v) is 13.7. The zero-order chi connectivity index (χ0) is 28.0. The van der Waals surface area contributed by atoms with Crippen LogP contribution in [0.25, 0.3) is 0 Å². The molecule has 13 heteroatoms. The summed E-state index contributed by atoms with van der Waals surface area (Å²) >= 11 is 6.14. The number of fused-ring (bicyclic) bond motifs is 2. The number of hydrogen-bond donors (Lipinski definition) is 0. The van der Waals surface area contributed by atoms with Gasteiger partial charge in [-0.2, -0.15) is 17.5 Å². The van der Waals surface area contributed by atoms with E-state index in [9.17, 15) is 36.0 Å². The Hall–Kier alpha value is -2.96. The number of carbonyl (C=O) groups is 3. The molecule has 1 saturated heterocycles. The molecule has 1 atom stereocenters. The summed E-state index contributed by atoms with van der Waals surface area (Å²) in [5.41, 5.74) is -1.00. The summed E-state index contributed by atoms with van der Waals surface area (Å²) in [6.07, 6.45) is -6.58. The third kappa shape index (κ3) is 4.69. The molecule has 0 bridgehead atoms. The molecule has 2 heterocycles. The van der Waals surface area contributed by atoms with E-state index in [1.165, 1.54) is 39.5 Å². The molecular weight excluding hydrogens is 547 g/mol. The van der Waals surface area contributed by atoms with E-state index in [4.69, 9.17) is 11.6 Å². The van der Waals surface area contributed by atoms with Gasteiger partial charge in [-0.3, -0.25) is 19.3 Å². The summed E-state index contributed by atoms with van der Waals surface area (Å²) < 4.78 is 65.3. The standard InChI is InChI=1S/C25H25ClF3N3O5S/c1-3-30(4-2)38(36,37)18-8-5-16(6-9-18)15-32-20-10-7-17(26)13-19(20)24(23(32)35)14-21(33)31(22(24)34)12-11-25(27,28)29/h5-10,13H,3-4,11-12,14-15H2,1-2H3. The average Bonchev–Trinajstić information content (AvgIpc) is 3.23. The van der Waals surface area contributed by atoms with E-state index < -0.39 is 58.7 Å². The molecule has 8 nitrogen and oxygen atoms in total. The first-order chi connectivity index (χ1) is 17.8. The van der Waals surface area contributed by atoms with Crippen LogP contribution < -0.4 is 4.90 Å². The maximum atomic E-state index is 13.8. The maximum absolute atomic E-state index is 13.8. The number of imide groups is 1. The van der Waals surface area contributed by atoms with Gasteiger partial charge in [0.1, 0.15) is 0 Å². The lowest BCUT2D eigenvalue weighted by atomic mass is 9.80. The number of halogens is 4. The Kier molecular flexibility index (Phi) is 7.36. The van der Waals surface area contributed by atoms with Gasteiger partial charge in [0, 0.05) is 35.9 Å². The Morgan fingerprint density at radius 2 is 1.58 bits per heavy atom. The van der Waals surface area contributed by atoms with E-state index >= 15 is 0 Å². The van der Waals surface area contributed by atoms with Crippen LogP contribution in [-0.4, -0.2) is 61.2 Å². The highest BCUT2D eigenvalue weighted by Crippen LogP contribution is 2.50. The average molecular weight is 572 g/mol. The third-order valence-electron chi connectivity index (χ3n) is 6.87. The van der Waals surface area contributed by atoms with E-state index in [-0.39, 0.29) is 22.0 Å². The lowest BCUT2D eigenvalue weighted by molar-refractivity contribution is -0.150. The van der Waals surface area contributed by atoms with Gasteiger partial charge < -0.3 is 4.90 Å². The van der Waals surface area contributed by atoms with Gasteiger partial charge in [0.05, 0.1) is 24.3 Å². The predicted molar refractivity (Wildman–Crippen MR) is 133 cm³/mol. The monoisotopic (exact) mass is 571 g/mol. The van der Waals surface area contributed by atoms with Crippen LogP contribution in [0.4, 0.5) is 18.9 Å². The van der Waals surface area contributed by atoms with Crippen molar-refractivity contribution in [2.75, 3.05) is 24.5 Å². The van der Waals surface area contributed by atoms with Crippen LogP contribution >= 0.6 is 11.6 Å². The van der Waals surface area contributed by atoms with Crippen molar-refractivity contribution in [1.82, 2.24) is 9.21 Å². The fraction of sp³-hybridized carbons (Fsp3) is 0.400. The molecule has 4 rings (SSSR count). The van der Waals surface area contributed by atoms with Gasteiger partial charge in [-0.1, -0.05) is 37.6 Å². The normalized spacial score (nSPS) is 19.8. The minimum absolute atomic E-state index is 0.0646. The number of anilines is 1. The number of nitrogens with zero attached hydrogens (tertiary/aromatic N) is 3. The molecule has 1 unspecified atom stereocenters. The van der Waals surface area contributed by atoms with Crippen LogP contribution in [0.5, 0.6) is 0 Å². The highest BCUT2D eigenvalue weighted by atomic mass is 35.5. The zero-order valence-corrected chi connectivity index (χ0v) is 22.2. The molecule has 3 amide bonds. The van der Waals surface area contributed by atoms with Gasteiger partial charge in [-0.05, 0) is 35.9 Å². The number of rotatable bonds is 8.